The quantitative estimate of drug-likeness (QED) is 0.902. The summed E-state index contributed by atoms with van der Waals surface area (Å²) in [5, 5.41) is 3.34. The largest absolute Gasteiger partial charge is 0.347 e. The predicted octanol–water partition coefficient (Wildman–Crippen LogP) is 1.04. The third-order valence-electron chi connectivity index (χ3n) is 4.63. The number of nitrogens with one attached hydrogen (secondary N) is 1. The van der Waals surface area contributed by atoms with E-state index in [4.69, 9.17) is 0 Å². The number of aryl methyl sites for hydroxylation is 2. The minimum Gasteiger partial charge on any atom is -0.347 e. The molecule has 0 radical (unpaired) electrons. The lowest BCUT2D eigenvalue weighted by Gasteiger charge is -2.36. The predicted molar refractivity (Wildman–Crippen MR) is 84.2 cm³/mol. The lowest BCUT2D eigenvalue weighted by atomic mass is 10.0. The molecule has 0 bridgehead atoms. The van der Waals surface area contributed by atoms with E-state index in [1.807, 2.05) is 14.1 Å². The Kier molecular flexibility index (Phi) is 4.27. The second-order valence-corrected chi connectivity index (χ2v) is 6.38. The number of benzene rings is 1. The Hall–Kier alpha value is -1.39. The van der Waals surface area contributed by atoms with E-state index in [2.05, 4.69) is 28.4 Å². The average molecular weight is 287 g/mol. The highest BCUT2D eigenvalue weighted by Crippen LogP contribution is 2.24. The maximum atomic E-state index is 12.3. The van der Waals surface area contributed by atoms with Gasteiger partial charge < -0.3 is 10.2 Å². The molecule has 1 heterocycles. The molecular weight excluding hydrogens is 262 g/mol. The summed E-state index contributed by atoms with van der Waals surface area (Å²) in [6, 6.07) is 6.83. The van der Waals surface area contributed by atoms with Crippen LogP contribution in [0.1, 0.15) is 23.1 Å². The van der Waals surface area contributed by atoms with Crippen molar-refractivity contribution in [3.63, 3.8) is 0 Å². The van der Waals surface area contributed by atoms with Crippen LogP contribution in [0, 0.1) is 0 Å². The number of likely N-dealkylation sites (N-methyl/N-ethyl adjacent to an activating group) is 1. The zero-order valence-electron chi connectivity index (χ0n) is 13.1. The minimum atomic E-state index is -0.0398. The summed E-state index contributed by atoms with van der Waals surface area (Å²) in [6.07, 6.45) is 3.73. The van der Waals surface area contributed by atoms with Gasteiger partial charge in [-0.2, -0.15) is 0 Å². The highest BCUT2D eigenvalue weighted by molar-refractivity contribution is 5.81. The molecular formula is C17H25N3O. The number of carbonyl (C=O) groups is 1. The molecule has 4 heteroatoms. The summed E-state index contributed by atoms with van der Waals surface area (Å²) in [6.45, 7) is 3.52. The van der Waals surface area contributed by atoms with E-state index in [1.165, 1.54) is 36.0 Å². The van der Waals surface area contributed by atoms with Crippen LogP contribution in [0.15, 0.2) is 18.2 Å². The molecule has 1 aliphatic carbocycles. The Bertz CT molecular complexity index is 527. The van der Waals surface area contributed by atoms with Gasteiger partial charge in [0, 0.05) is 40.3 Å². The molecule has 1 aromatic rings. The first kappa shape index (κ1) is 14.5. The number of fused-ring (bicyclic) bond motifs is 1. The van der Waals surface area contributed by atoms with Crippen LogP contribution in [0.5, 0.6) is 0 Å². The van der Waals surface area contributed by atoms with Gasteiger partial charge in [0.2, 0.25) is 5.91 Å². The molecule has 4 nitrogen and oxygen atoms in total. The maximum absolute atomic E-state index is 12.3. The summed E-state index contributed by atoms with van der Waals surface area (Å²) >= 11 is 0. The van der Waals surface area contributed by atoms with Gasteiger partial charge in [0.15, 0.2) is 0 Å². The summed E-state index contributed by atoms with van der Waals surface area (Å²) in [7, 11) is 3.68. The molecule has 21 heavy (non-hydrogen) atoms. The number of nitrogens with zero attached hydrogens (tertiary/aromatic N) is 2. The van der Waals surface area contributed by atoms with E-state index < -0.39 is 0 Å². The van der Waals surface area contributed by atoms with E-state index in [0.29, 0.717) is 0 Å². The van der Waals surface area contributed by atoms with Gasteiger partial charge in [0.05, 0.1) is 0 Å². The molecule has 1 fully saturated rings. The molecule has 2 aliphatic rings. The van der Waals surface area contributed by atoms with Crippen LogP contribution in [-0.4, -0.2) is 55.5 Å². The fraction of sp³-hybridized carbons (Fsp3) is 0.588. The molecule has 1 aliphatic heterocycles. The average Bonchev–Trinajstić information content (AvgIpc) is 2.94. The van der Waals surface area contributed by atoms with Crippen molar-refractivity contribution < 1.29 is 4.79 Å². The van der Waals surface area contributed by atoms with Crippen LogP contribution >= 0.6 is 0 Å². The van der Waals surface area contributed by atoms with Crippen LogP contribution < -0.4 is 5.32 Å². The van der Waals surface area contributed by atoms with Gasteiger partial charge in [-0.1, -0.05) is 18.2 Å². The molecule has 1 atom stereocenters. The van der Waals surface area contributed by atoms with Crippen LogP contribution in [0.3, 0.4) is 0 Å². The van der Waals surface area contributed by atoms with Gasteiger partial charge in [-0.25, -0.2) is 0 Å². The van der Waals surface area contributed by atoms with Gasteiger partial charge in [-0.15, -0.1) is 0 Å². The number of hydrogen-bond acceptors (Lipinski definition) is 3. The van der Waals surface area contributed by atoms with Crippen LogP contribution in [-0.2, 0) is 24.2 Å². The summed E-state index contributed by atoms with van der Waals surface area (Å²) in [5.74, 6) is 0.198. The molecule has 1 amide bonds. The highest BCUT2D eigenvalue weighted by atomic mass is 16.2. The summed E-state index contributed by atoms with van der Waals surface area (Å²) in [4.78, 5) is 16.3. The number of rotatable bonds is 3. The summed E-state index contributed by atoms with van der Waals surface area (Å²) in [5.41, 5.74) is 4.37. The minimum absolute atomic E-state index is 0.0398. The van der Waals surface area contributed by atoms with Crippen molar-refractivity contribution in [3.05, 3.63) is 34.9 Å². The van der Waals surface area contributed by atoms with Gasteiger partial charge in [0.25, 0.3) is 0 Å². The smallest absolute Gasteiger partial charge is 0.240 e. The van der Waals surface area contributed by atoms with Crippen LogP contribution in [0.4, 0.5) is 0 Å². The first-order chi connectivity index (χ1) is 10.1. The van der Waals surface area contributed by atoms with Crippen molar-refractivity contribution in [3.8, 4) is 0 Å². The van der Waals surface area contributed by atoms with E-state index in [9.17, 15) is 4.79 Å². The monoisotopic (exact) mass is 287 g/mol. The fourth-order valence-electron chi connectivity index (χ4n) is 3.44. The zero-order chi connectivity index (χ0) is 14.8. The third-order valence-corrected chi connectivity index (χ3v) is 4.63. The molecule has 1 unspecified atom stereocenters. The molecule has 0 aromatic heterocycles. The van der Waals surface area contributed by atoms with Crippen molar-refractivity contribution in [2.45, 2.75) is 31.8 Å². The van der Waals surface area contributed by atoms with E-state index in [1.54, 1.807) is 4.90 Å². The molecule has 0 spiro atoms. The highest BCUT2D eigenvalue weighted by Gasteiger charge is 2.29. The first-order valence-electron chi connectivity index (χ1n) is 7.92. The normalized spacial score (nSPS) is 22.1. The van der Waals surface area contributed by atoms with Gasteiger partial charge in [-0.05, 0) is 36.0 Å². The molecule has 0 saturated carbocycles. The molecule has 114 valence electrons. The molecule has 1 aromatic carbocycles. The standard InChI is InChI=1S/C17H25N3O/c1-19(2)17(21)16-11-18-8-9-20(16)12-13-6-7-14-4-3-5-15(14)10-13/h6-7,10,16,18H,3-5,8-9,11-12H2,1-2H3. The Labute approximate surface area is 127 Å². The van der Waals surface area contributed by atoms with Gasteiger partial charge >= 0.3 is 0 Å². The van der Waals surface area contributed by atoms with Crippen molar-refractivity contribution in [1.29, 1.82) is 0 Å². The van der Waals surface area contributed by atoms with Gasteiger partial charge in [0.1, 0.15) is 6.04 Å². The number of hydrogen-bond donors (Lipinski definition) is 1. The van der Waals surface area contributed by atoms with Crippen LogP contribution in [0.2, 0.25) is 0 Å². The molecule has 1 N–H and O–H groups in total. The molecule has 1 saturated heterocycles. The fourth-order valence-corrected chi connectivity index (χ4v) is 3.44. The number of carbonyl (C=O) groups excluding carboxylic acids is 1. The Morgan fingerprint density at radius 1 is 1.33 bits per heavy atom. The Morgan fingerprint density at radius 3 is 2.95 bits per heavy atom. The SMILES string of the molecule is CN(C)C(=O)C1CNCCN1Cc1ccc2c(c1)CCC2. The number of piperazine rings is 1. The Morgan fingerprint density at radius 2 is 2.14 bits per heavy atom. The van der Waals surface area contributed by atoms with Crippen molar-refractivity contribution >= 4 is 5.91 Å². The lowest BCUT2D eigenvalue weighted by molar-refractivity contribution is -0.135. The van der Waals surface area contributed by atoms with Gasteiger partial charge in [-0.3, -0.25) is 9.69 Å². The van der Waals surface area contributed by atoms with E-state index in [-0.39, 0.29) is 11.9 Å². The topological polar surface area (TPSA) is 35.6 Å². The number of amides is 1. The molecule has 3 rings (SSSR count). The Balaban J connectivity index is 1.74. The van der Waals surface area contributed by atoms with E-state index in [0.717, 1.165) is 26.2 Å². The zero-order valence-corrected chi connectivity index (χ0v) is 13.1. The maximum Gasteiger partial charge on any atom is 0.240 e. The summed E-state index contributed by atoms with van der Waals surface area (Å²) < 4.78 is 0. The van der Waals surface area contributed by atoms with Crippen molar-refractivity contribution in [2.24, 2.45) is 0 Å². The van der Waals surface area contributed by atoms with Crippen LogP contribution in [0.25, 0.3) is 0 Å². The lowest BCUT2D eigenvalue weighted by Crippen LogP contribution is -2.57. The second kappa shape index (κ2) is 6.16. The third kappa shape index (κ3) is 3.11. The second-order valence-electron chi connectivity index (χ2n) is 6.38. The van der Waals surface area contributed by atoms with E-state index >= 15 is 0 Å². The first-order valence-corrected chi connectivity index (χ1v) is 7.92. The van der Waals surface area contributed by atoms with Crippen molar-refractivity contribution in [2.75, 3.05) is 33.7 Å². The van der Waals surface area contributed by atoms with Crippen molar-refractivity contribution in [1.82, 2.24) is 15.1 Å².